The van der Waals surface area contributed by atoms with Gasteiger partial charge in [-0.2, -0.15) is 0 Å². The van der Waals surface area contributed by atoms with Crippen molar-refractivity contribution >= 4 is 0 Å². The first kappa shape index (κ1) is 14.0. The molecule has 17 heavy (non-hydrogen) atoms. The molecular formula is C15H25NO. The average molecular weight is 235 g/mol. The van der Waals surface area contributed by atoms with Crippen molar-refractivity contribution in [2.24, 2.45) is 5.73 Å². The molecule has 0 aliphatic heterocycles. The van der Waals surface area contributed by atoms with Crippen LogP contribution in [-0.4, -0.2) is 13.2 Å². The van der Waals surface area contributed by atoms with Crippen molar-refractivity contribution in [3.63, 3.8) is 0 Å². The van der Waals surface area contributed by atoms with Gasteiger partial charge in [0.25, 0.3) is 0 Å². The predicted octanol–water partition coefficient (Wildman–Crippen LogP) is 3.49. The summed E-state index contributed by atoms with van der Waals surface area (Å²) in [7, 11) is 0. The molecule has 0 aliphatic carbocycles. The molecule has 0 spiro atoms. The molecule has 0 saturated carbocycles. The Kier molecular flexibility index (Phi) is 6.06. The van der Waals surface area contributed by atoms with Gasteiger partial charge in [0.15, 0.2) is 0 Å². The van der Waals surface area contributed by atoms with Gasteiger partial charge in [0.2, 0.25) is 0 Å². The molecule has 0 unspecified atom stereocenters. The number of hydrogen-bond acceptors (Lipinski definition) is 2. The molecule has 0 bridgehead atoms. The Bertz CT molecular complexity index is 334. The van der Waals surface area contributed by atoms with Crippen LogP contribution in [0.4, 0.5) is 0 Å². The van der Waals surface area contributed by atoms with Crippen molar-refractivity contribution in [3.8, 4) is 5.75 Å². The van der Waals surface area contributed by atoms with E-state index in [0.717, 1.165) is 38.2 Å². The summed E-state index contributed by atoms with van der Waals surface area (Å²) >= 11 is 0. The predicted molar refractivity (Wildman–Crippen MR) is 73.7 cm³/mol. The summed E-state index contributed by atoms with van der Waals surface area (Å²) in [5, 5.41) is 0. The van der Waals surface area contributed by atoms with Gasteiger partial charge in [-0.25, -0.2) is 0 Å². The molecule has 0 aliphatic rings. The molecule has 0 fully saturated rings. The van der Waals surface area contributed by atoms with Crippen molar-refractivity contribution in [2.75, 3.05) is 13.2 Å². The lowest BCUT2D eigenvalue weighted by Crippen LogP contribution is -2.04. The van der Waals surface area contributed by atoms with Gasteiger partial charge in [-0.15, -0.1) is 0 Å². The van der Waals surface area contributed by atoms with E-state index in [1.165, 1.54) is 11.1 Å². The largest absolute Gasteiger partial charge is 0.493 e. The summed E-state index contributed by atoms with van der Waals surface area (Å²) in [4.78, 5) is 0. The second-order valence-electron chi connectivity index (χ2n) is 4.76. The van der Waals surface area contributed by atoms with Crippen LogP contribution in [0, 0.1) is 0 Å². The number of benzene rings is 1. The minimum atomic E-state index is 0.562. The number of aryl methyl sites for hydroxylation is 1. The van der Waals surface area contributed by atoms with E-state index in [1.807, 2.05) is 0 Å². The molecule has 0 heterocycles. The van der Waals surface area contributed by atoms with E-state index in [4.69, 9.17) is 10.5 Å². The van der Waals surface area contributed by atoms with Gasteiger partial charge in [0.05, 0.1) is 6.61 Å². The monoisotopic (exact) mass is 235 g/mol. The van der Waals surface area contributed by atoms with Gasteiger partial charge in [-0.1, -0.05) is 32.9 Å². The Labute approximate surface area is 105 Å². The van der Waals surface area contributed by atoms with Crippen LogP contribution in [-0.2, 0) is 6.42 Å². The summed E-state index contributed by atoms with van der Waals surface area (Å²) in [5.74, 6) is 1.59. The normalized spacial score (nSPS) is 10.9. The fourth-order valence-corrected chi connectivity index (χ4v) is 1.80. The van der Waals surface area contributed by atoms with Gasteiger partial charge >= 0.3 is 0 Å². The maximum absolute atomic E-state index is 5.78. The SMILES string of the molecule is CCCOc1ccc(C(C)C)cc1CCCN. The highest BCUT2D eigenvalue weighted by Crippen LogP contribution is 2.25. The highest BCUT2D eigenvalue weighted by atomic mass is 16.5. The molecule has 1 aromatic rings. The summed E-state index contributed by atoms with van der Waals surface area (Å²) < 4.78 is 5.78. The molecule has 0 amide bonds. The third-order valence-corrected chi connectivity index (χ3v) is 2.86. The average Bonchev–Trinajstić information content (AvgIpc) is 2.34. The third kappa shape index (κ3) is 4.39. The van der Waals surface area contributed by atoms with Crippen molar-refractivity contribution in [3.05, 3.63) is 29.3 Å². The maximum Gasteiger partial charge on any atom is 0.122 e. The molecule has 2 heteroatoms. The van der Waals surface area contributed by atoms with E-state index < -0.39 is 0 Å². The quantitative estimate of drug-likeness (QED) is 0.785. The zero-order valence-electron chi connectivity index (χ0n) is 11.3. The first-order chi connectivity index (χ1) is 8.19. The van der Waals surface area contributed by atoms with Crippen LogP contribution < -0.4 is 10.5 Å². The number of nitrogens with two attached hydrogens (primary N) is 1. The molecule has 96 valence electrons. The first-order valence-corrected chi connectivity index (χ1v) is 6.64. The molecule has 2 N–H and O–H groups in total. The second-order valence-corrected chi connectivity index (χ2v) is 4.76. The van der Waals surface area contributed by atoms with Crippen LogP contribution in [0.3, 0.4) is 0 Å². The first-order valence-electron chi connectivity index (χ1n) is 6.64. The van der Waals surface area contributed by atoms with Crippen LogP contribution in [0.5, 0.6) is 5.75 Å². The van der Waals surface area contributed by atoms with Crippen LogP contribution in [0.2, 0.25) is 0 Å². The van der Waals surface area contributed by atoms with E-state index in [2.05, 4.69) is 39.0 Å². The van der Waals surface area contributed by atoms with Crippen molar-refractivity contribution < 1.29 is 4.74 Å². The summed E-state index contributed by atoms with van der Waals surface area (Å²) in [5.41, 5.74) is 8.26. The lowest BCUT2D eigenvalue weighted by molar-refractivity contribution is 0.314. The highest BCUT2D eigenvalue weighted by Gasteiger charge is 2.07. The van der Waals surface area contributed by atoms with E-state index in [-0.39, 0.29) is 0 Å². The Morgan fingerprint density at radius 1 is 1.29 bits per heavy atom. The topological polar surface area (TPSA) is 35.2 Å². The van der Waals surface area contributed by atoms with E-state index in [9.17, 15) is 0 Å². The third-order valence-electron chi connectivity index (χ3n) is 2.86. The molecule has 0 radical (unpaired) electrons. The minimum absolute atomic E-state index is 0.562. The van der Waals surface area contributed by atoms with Gasteiger partial charge in [-0.05, 0) is 48.9 Å². The summed E-state index contributed by atoms with van der Waals surface area (Å²) in [6, 6.07) is 6.55. The fourth-order valence-electron chi connectivity index (χ4n) is 1.80. The molecular weight excluding hydrogens is 210 g/mol. The van der Waals surface area contributed by atoms with Crippen molar-refractivity contribution in [1.29, 1.82) is 0 Å². The van der Waals surface area contributed by atoms with Crippen LogP contribution in [0.15, 0.2) is 18.2 Å². The Hall–Kier alpha value is -1.02. The fraction of sp³-hybridized carbons (Fsp3) is 0.600. The van der Waals surface area contributed by atoms with Crippen molar-refractivity contribution in [1.82, 2.24) is 0 Å². The molecule has 1 aromatic carbocycles. The van der Waals surface area contributed by atoms with Gasteiger partial charge in [0.1, 0.15) is 5.75 Å². The van der Waals surface area contributed by atoms with Crippen molar-refractivity contribution in [2.45, 2.75) is 46.0 Å². The second kappa shape index (κ2) is 7.33. The Morgan fingerprint density at radius 3 is 2.65 bits per heavy atom. The van der Waals surface area contributed by atoms with E-state index >= 15 is 0 Å². The van der Waals surface area contributed by atoms with Gasteiger partial charge < -0.3 is 10.5 Å². The molecule has 2 nitrogen and oxygen atoms in total. The number of rotatable bonds is 7. The van der Waals surface area contributed by atoms with Crippen LogP contribution >= 0.6 is 0 Å². The van der Waals surface area contributed by atoms with Crippen LogP contribution in [0.1, 0.15) is 50.7 Å². The number of hydrogen-bond donors (Lipinski definition) is 1. The highest BCUT2D eigenvalue weighted by molar-refractivity contribution is 5.38. The molecule has 0 saturated heterocycles. The zero-order valence-corrected chi connectivity index (χ0v) is 11.3. The maximum atomic E-state index is 5.78. The molecule has 0 aromatic heterocycles. The van der Waals surface area contributed by atoms with Gasteiger partial charge in [-0.3, -0.25) is 0 Å². The Balaban J connectivity index is 2.86. The zero-order chi connectivity index (χ0) is 12.7. The lowest BCUT2D eigenvalue weighted by Gasteiger charge is -2.14. The Morgan fingerprint density at radius 2 is 2.06 bits per heavy atom. The summed E-state index contributed by atoms with van der Waals surface area (Å²) in [6.07, 6.45) is 3.07. The molecule has 1 rings (SSSR count). The molecule has 0 atom stereocenters. The van der Waals surface area contributed by atoms with Gasteiger partial charge in [0, 0.05) is 0 Å². The van der Waals surface area contributed by atoms with Crippen LogP contribution in [0.25, 0.3) is 0 Å². The smallest absolute Gasteiger partial charge is 0.122 e. The minimum Gasteiger partial charge on any atom is -0.493 e. The van der Waals surface area contributed by atoms with E-state index in [1.54, 1.807) is 0 Å². The standard InChI is InChI=1S/C15H25NO/c1-4-10-17-15-8-7-13(12(2)3)11-14(15)6-5-9-16/h7-8,11-12H,4-6,9-10,16H2,1-3H3. The van der Waals surface area contributed by atoms with E-state index in [0.29, 0.717) is 5.92 Å². The lowest BCUT2D eigenvalue weighted by atomic mass is 9.98. The number of ether oxygens (including phenoxy) is 1. The summed E-state index contributed by atoms with van der Waals surface area (Å²) in [6.45, 7) is 8.08.